The molecule has 0 spiro atoms. The Bertz CT molecular complexity index is 392. The van der Waals surface area contributed by atoms with Gasteiger partial charge in [0.05, 0.1) is 20.0 Å². The summed E-state index contributed by atoms with van der Waals surface area (Å²) in [7, 11) is 0. The highest BCUT2D eigenvalue weighted by Gasteiger charge is 2.15. The molecule has 80 valence electrons. The molecule has 2 nitrogen and oxygen atoms in total. The fraction of sp³-hybridized carbons (Fsp3) is 0.143. The highest BCUT2D eigenvalue weighted by molar-refractivity contribution is 8.18. The number of nitriles is 1. The van der Waals surface area contributed by atoms with Crippen LogP contribution in [-0.2, 0) is 0 Å². The number of nitrogens with zero attached hydrogens (tertiary/aromatic N) is 2. The summed E-state index contributed by atoms with van der Waals surface area (Å²) < 4.78 is 0. The number of rotatable bonds is 3. The molecule has 1 heterocycles. The molecule has 8 heteroatoms. The molecule has 0 N–H and O–H groups in total. The first-order valence-corrected chi connectivity index (χ1v) is 6.90. The smallest absolute Gasteiger partial charge is 0.150 e. The van der Waals surface area contributed by atoms with Crippen molar-refractivity contribution in [1.82, 2.24) is 4.98 Å². The Morgan fingerprint density at radius 3 is 2.13 bits per heavy atom. The van der Waals surface area contributed by atoms with Crippen LogP contribution in [0.3, 0.4) is 0 Å². The molecule has 0 aromatic carbocycles. The lowest BCUT2D eigenvalue weighted by Crippen LogP contribution is -1.86. The van der Waals surface area contributed by atoms with Crippen molar-refractivity contribution in [2.45, 2.75) is 4.90 Å². The first-order valence-electron chi connectivity index (χ1n) is 3.41. The molecule has 0 bridgehead atoms. The molecule has 0 fully saturated rings. The second-order valence-electron chi connectivity index (χ2n) is 2.15. The van der Waals surface area contributed by atoms with Crippen LogP contribution in [0.5, 0.6) is 0 Å². The molecule has 0 aliphatic carbocycles. The molecule has 0 amide bonds. The zero-order valence-corrected chi connectivity index (χ0v) is 11.6. The van der Waals surface area contributed by atoms with E-state index in [4.69, 9.17) is 51.7 Å². The van der Waals surface area contributed by atoms with Crippen molar-refractivity contribution in [2.75, 3.05) is 5.08 Å². The molecule has 15 heavy (non-hydrogen) atoms. The van der Waals surface area contributed by atoms with E-state index in [0.29, 0.717) is 9.98 Å². The molecule has 0 saturated heterocycles. The van der Waals surface area contributed by atoms with E-state index in [9.17, 15) is 0 Å². The zero-order chi connectivity index (χ0) is 11.4. The Morgan fingerprint density at radius 1 is 1.13 bits per heavy atom. The number of thiocyanates is 1. The van der Waals surface area contributed by atoms with E-state index in [2.05, 4.69) is 4.98 Å². The summed E-state index contributed by atoms with van der Waals surface area (Å²) in [5.41, 5.74) is 0. The fourth-order valence-corrected chi connectivity index (χ4v) is 3.24. The third kappa shape index (κ3) is 3.48. The van der Waals surface area contributed by atoms with Crippen molar-refractivity contribution in [1.29, 1.82) is 5.26 Å². The second kappa shape index (κ2) is 6.29. The lowest BCUT2D eigenvalue weighted by molar-refractivity contribution is 1.26. The predicted octanol–water partition coefficient (Wildman–Crippen LogP) is 4.96. The Kier molecular flexibility index (Phi) is 5.69. The van der Waals surface area contributed by atoms with Crippen molar-refractivity contribution in [3.8, 4) is 5.40 Å². The van der Waals surface area contributed by atoms with Gasteiger partial charge in [-0.15, -0.1) is 11.8 Å². The normalized spacial score (nSPS) is 10.1. The third-order valence-corrected chi connectivity index (χ3v) is 4.75. The third-order valence-electron chi connectivity index (χ3n) is 1.28. The van der Waals surface area contributed by atoms with Gasteiger partial charge in [0.15, 0.2) is 10.3 Å². The van der Waals surface area contributed by atoms with Gasteiger partial charge in [-0.3, -0.25) is 0 Å². The molecule has 0 aliphatic rings. The van der Waals surface area contributed by atoms with E-state index < -0.39 is 0 Å². The molecular weight excluding hydrogens is 318 g/mol. The van der Waals surface area contributed by atoms with Crippen molar-refractivity contribution in [3.63, 3.8) is 0 Å². The maximum Gasteiger partial charge on any atom is 0.150 e. The highest BCUT2D eigenvalue weighted by atomic mass is 35.5. The van der Waals surface area contributed by atoms with Crippen LogP contribution in [-0.4, -0.2) is 10.1 Å². The van der Waals surface area contributed by atoms with Crippen LogP contribution in [0.2, 0.25) is 20.4 Å². The summed E-state index contributed by atoms with van der Waals surface area (Å²) in [5, 5.41) is 11.5. The first kappa shape index (κ1) is 13.6. The number of pyridine rings is 1. The molecule has 0 aliphatic heterocycles. The van der Waals surface area contributed by atoms with Gasteiger partial charge in [-0.05, 0) is 11.8 Å². The first-order chi connectivity index (χ1) is 7.07. The average Bonchev–Trinajstić information content (AvgIpc) is 2.20. The number of hydrogen-bond acceptors (Lipinski definition) is 4. The van der Waals surface area contributed by atoms with Crippen LogP contribution in [0.1, 0.15) is 0 Å². The minimum atomic E-state index is 0.107. The quantitative estimate of drug-likeness (QED) is 0.259. The molecule has 0 radical (unpaired) electrons. The second-order valence-corrected chi connectivity index (χ2v) is 5.73. The Labute approximate surface area is 115 Å². The van der Waals surface area contributed by atoms with E-state index >= 15 is 0 Å². The number of hydrogen-bond donors (Lipinski definition) is 0. The van der Waals surface area contributed by atoms with Gasteiger partial charge in [-0.25, -0.2) is 4.98 Å². The fourth-order valence-electron chi connectivity index (χ4n) is 0.710. The summed E-state index contributed by atoms with van der Waals surface area (Å²) in [5.74, 6) is 0. The maximum absolute atomic E-state index is 8.36. The van der Waals surface area contributed by atoms with Gasteiger partial charge in [-0.2, -0.15) is 5.26 Å². The molecule has 1 rings (SSSR count). The van der Waals surface area contributed by atoms with Crippen LogP contribution < -0.4 is 0 Å². The van der Waals surface area contributed by atoms with Crippen LogP contribution in [0.15, 0.2) is 4.90 Å². The van der Waals surface area contributed by atoms with E-state index in [0.717, 1.165) is 11.8 Å². The minimum absolute atomic E-state index is 0.107. The zero-order valence-electron chi connectivity index (χ0n) is 6.93. The van der Waals surface area contributed by atoms with Gasteiger partial charge in [0, 0.05) is 0 Å². The predicted molar refractivity (Wildman–Crippen MR) is 68.2 cm³/mol. The number of thioether (sulfide) groups is 2. The Morgan fingerprint density at radius 2 is 1.67 bits per heavy atom. The minimum Gasteiger partial charge on any atom is -0.221 e. The summed E-state index contributed by atoms with van der Waals surface area (Å²) >= 11 is 25.6. The number of halogens is 4. The van der Waals surface area contributed by atoms with Crippen molar-refractivity contribution < 1.29 is 0 Å². The van der Waals surface area contributed by atoms with E-state index in [1.165, 1.54) is 11.8 Å². The van der Waals surface area contributed by atoms with E-state index in [1.54, 1.807) is 0 Å². The van der Waals surface area contributed by atoms with Gasteiger partial charge in [0.25, 0.3) is 0 Å². The maximum atomic E-state index is 8.36. The molecule has 1 aromatic rings. The average molecular weight is 320 g/mol. The molecular formula is C7H2Cl4N2S2. The lowest BCUT2D eigenvalue weighted by Gasteiger charge is -2.07. The summed E-state index contributed by atoms with van der Waals surface area (Å²) in [6.07, 6.45) is 0. The standard InChI is InChI=1S/C7H2Cl4N2S2/c8-3-5(15-2-14-1-12)4(9)7(11)13-6(3)10/h2H2. The van der Waals surface area contributed by atoms with Crippen LogP contribution >= 0.6 is 69.9 Å². The SMILES string of the molecule is N#CSCSc1c(Cl)c(Cl)nc(Cl)c1Cl. The Balaban J connectivity index is 3.00. The molecule has 0 unspecified atom stereocenters. The monoisotopic (exact) mass is 318 g/mol. The van der Waals surface area contributed by atoms with Gasteiger partial charge < -0.3 is 0 Å². The Hall–Kier alpha value is 0.500. The van der Waals surface area contributed by atoms with Gasteiger partial charge in [0.1, 0.15) is 5.40 Å². The lowest BCUT2D eigenvalue weighted by atomic mass is 10.5. The molecule has 0 atom stereocenters. The highest BCUT2D eigenvalue weighted by Crippen LogP contribution is 2.41. The summed E-state index contributed by atoms with van der Waals surface area (Å²) in [6.45, 7) is 0. The van der Waals surface area contributed by atoms with Crippen molar-refractivity contribution in [2.24, 2.45) is 0 Å². The van der Waals surface area contributed by atoms with Gasteiger partial charge in [0.2, 0.25) is 0 Å². The molecule has 0 saturated carbocycles. The van der Waals surface area contributed by atoms with Crippen LogP contribution in [0, 0.1) is 10.7 Å². The topological polar surface area (TPSA) is 36.7 Å². The van der Waals surface area contributed by atoms with Crippen LogP contribution in [0.4, 0.5) is 0 Å². The van der Waals surface area contributed by atoms with E-state index in [1.807, 2.05) is 5.40 Å². The molecule has 1 aromatic heterocycles. The largest absolute Gasteiger partial charge is 0.221 e. The van der Waals surface area contributed by atoms with Crippen molar-refractivity contribution in [3.05, 3.63) is 20.4 Å². The van der Waals surface area contributed by atoms with Crippen molar-refractivity contribution >= 4 is 69.9 Å². The van der Waals surface area contributed by atoms with Gasteiger partial charge >= 0.3 is 0 Å². The van der Waals surface area contributed by atoms with E-state index in [-0.39, 0.29) is 20.4 Å². The summed E-state index contributed by atoms with van der Waals surface area (Å²) in [6, 6.07) is 0. The number of aromatic nitrogens is 1. The van der Waals surface area contributed by atoms with Crippen LogP contribution in [0.25, 0.3) is 0 Å². The van der Waals surface area contributed by atoms with Gasteiger partial charge in [-0.1, -0.05) is 46.4 Å². The summed E-state index contributed by atoms with van der Waals surface area (Å²) in [4.78, 5) is 4.29.